The SMILES string of the molecule is CN(Sc1ccc(-c2cnc(N)c(-c3ccc4c(c3)CCNC4=O)c2)cn1)C1CC1. The van der Waals surface area contributed by atoms with Crippen molar-refractivity contribution < 1.29 is 4.79 Å². The van der Waals surface area contributed by atoms with Gasteiger partial charge in [-0.1, -0.05) is 18.2 Å². The van der Waals surface area contributed by atoms with Crippen LogP contribution in [-0.4, -0.2) is 39.8 Å². The van der Waals surface area contributed by atoms with Crippen LogP contribution in [0.15, 0.2) is 53.8 Å². The molecule has 2 aromatic heterocycles. The maximum absolute atomic E-state index is 12.0. The molecular weight excluding hydrogens is 394 g/mol. The summed E-state index contributed by atoms with van der Waals surface area (Å²) in [5, 5.41) is 3.87. The highest BCUT2D eigenvalue weighted by molar-refractivity contribution is 7.97. The lowest BCUT2D eigenvalue weighted by molar-refractivity contribution is 0.0946. The third-order valence-electron chi connectivity index (χ3n) is 5.63. The number of aromatic nitrogens is 2. The number of pyridine rings is 2. The summed E-state index contributed by atoms with van der Waals surface area (Å²) in [5.41, 5.74) is 11.8. The second kappa shape index (κ2) is 7.74. The van der Waals surface area contributed by atoms with Crippen molar-refractivity contribution in [3.63, 3.8) is 0 Å². The van der Waals surface area contributed by atoms with E-state index in [0.717, 1.165) is 44.8 Å². The monoisotopic (exact) mass is 417 g/mol. The number of hydrogen-bond donors (Lipinski definition) is 2. The van der Waals surface area contributed by atoms with Crippen LogP contribution in [0, 0.1) is 0 Å². The van der Waals surface area contributed by atoms with Crippen LogP contribution in [0.4, 0.5) is 5.82 Å². The Morgan fingerprint density at radius 3 is 2.60 bits per heavy atom. The Labute approximate surface area is 180 Å². The summed E-state index contributed by atoms with van der Waals surface area (Å²) in [6, 6.07) is 12.7. The summed E-state index contributed by atoms with van der Waals surface area (Å²) in [7, 11) is 2.12. The number of nitrogen functional groups attached to an aromatic ring is 1. The fraction of sp³-hybridized carbons (Fsp3) is 0.261. The van der Waals surface area contributed by atoms with Crippen molar-refractivity contribution in [1.29, 1.82) is 0 Å². The molecule has 0 atom stereocenters. The number of fused-ring (bicyclic) bond motifs is 1. The minimum Gasteiger partial charge on any atom is -0.383 e. The first-order valence-electron chi connectivity index (χ1n) is 10.1. The lowest BCUT2D eigenvalue weighted by Crippen LogP contribution is -2.31. The summed E-state index contributed by atoms with van der Waals surface area (Å²) >= 11 is 1.69. The molecular formula is C23H23N5OS. The molecule has 1 saturated carbocycles. The van der Waals surface area contributed by atoms with Crippen molar-refractivity contribution >= 4 is 23.7 Å². The van der Waals surface area contributed by atoms with Gasteiger partial charge in [0.2, 0.25) is 0 Å². The minimum absolute atomic E-state index is 0.0148. The summed E-state index contributed by atoms with van der Waals surface area (Å²) in [6.07, 6.45) is 7.03. The molecule has 1 amide bonds. The maximum Gasteiger partial charge on any atom is 0.251 e. The Bertz CT molecular complexity index is 1110. The molecule has 2 aliphatic rings. The van der Waals surface area contributed by atoms with E-state index < -0.39 is 0 Å². The van der Waals surface area contributed by atoms with Crippen LogP contribution in [0.3, 0.4) is 0 Å². The fourth-order valence-corrected chi connectivity index (χ4v) is 4.61. The molecule has 0 unspecified atom stereocenters. The molecule has 3 aromatic rings. The summed E-state index contributed by atoms with van der Waals surface area (Å²) in [6.45, 7) is 0.662. The second-order valence-electron chi connectivity index (χ2n) is 7.79. The van der Waals surface area contributed by atoms with Crippen LogP contribution >= 0.6 is 11.9 Å². The van der Waals surface area contributed by atoms with E-state index in [4.69, 9.17) is 5.73 Å². The van der Waals surface area contributed by atoms with Crippen LogP contribution in [0.1, 0.15) is 28.8 Å². The molecule has 1 aromatic carbocycles. The third kappa shape index (κ3) is 3.78. The molecule has 5 rings (SSSR count). The van der Waals surface area contributed by atoms with Crippen molar-refractivity contribution in [3.8, 4) is 22.3 Å². The van der Waals surface area contributed by atoms with Crippen LogP contribution in [-0.2, 0) is 6.42 Å². The van der Waals surface area contributed by atoms with Gasteiger partial charge in [-0.2, -0.15) is 0 Å². The number of hydrogen-bond acceptors (Lipinski definition) is 6. The zero-order chi connectivity index (χ0) is 20.7. The first-order chi connectivity index (χ1) is 14.6. The smallest absolute Gasteiger partial charge is 0.251 e. The van der Waals surface area contributed by atoms with E-state index in [1.54, 1.807) is 18.1 Å². The van der Waals surface area contributed by atoms with Crippen molar-refractivity contribution in [2.45, 2.75) is 30.3 Å². The standard InChI is InChI=1S/C23H23N5OS/c1-28(18-4-5-18)30-21-7-3-16(12-26-21)17-11-20(22(24)27-13-17)14-2-6-19-15(10-14)8-9-25-23(19)29/h2-3,6-7,10-13,18H,4-5,8-9H2,1H3,(H2,24,27)(H,25,29). The average Bonchev–Trinajstić information content (AvgIpc) is 3.60. The highest BCUT2D eigenvalue weighted by atomic mass is 32.2. The van der Waals surface area contributed by atoms with E-state index in [2.05, 4.69) is 38.8 Å². The quantitative estimate of drug-likeness (QED) is 0.615. The third-order valence-corrected chi connectivity index (χ3v) is 6.64. The number of nitrogens with one attached hydrogen (secondary N) is 1. The number of benzene rings is 1. The molecule has 3 N–H and O–H groups in total. The highest BCUT2D eigenvalue weighted by Crippen LogP contribution is 2.35. The van der Waals surface area contributed by atoms with E-state index in [-0.39, 0.29) is 5.91 Å². The number of anilines is 1. The lowest BCUT2D eigenvalue weighted by atomic mass is 9.94. The minimum atomic E-state index is -0.0148. The van der Waals surface area contributed by atoms with Gasteiger partial charge in [-0.3, -0.25) is 4.79 Å². The molecule has 30 heavy (non-hydrogen) atoms. The summed E-state index contributed by atoms with van der Waals surface area (Å²) in [4.78, 5) is 21.0. The van der Waals surface area contributed by atoms with E-state index in [9.17, 15) is 4.79 Å². The van der Waals surface area contributed by atoms with Gasteiger partial charge in [0, 0.05) is 47.2 Å². The fourth-order valence-electron chi connectivity index (χ4n) is 3.73. The van der Waals surface area contributed by atoms with E-state index in [0.29, 0.717) is 18.4 Å². The molecule has 152 valence electrons. The molecule has 3 heterocycles. The van der Waals surface area contributed by atoms with Crippen molar-refractivity contribution in [2.24, 2.45) is 0 Å². The number of rotatable bonds is 5. The van der Waals surface area contributed by atoms with Gasteiger partial charge < -0.3 is 11.1 Å². The van der Waals surface area contributed by atoms with Gasteiger partial charge in [-0.15, -0.1) is 0 Å². The second-order valence-corrected chi connectivity index (χ2v) is 8.97. The van der Waals surface area contributed by atoms with E-state index >= 15 is 0 Å². The van der Waals surface area contributed by atoms with Gasteiger partial charge in [0.1, 0.15) is 10.8 Å². The van der Waals surface area contributed by atoms with Crippen molar-refractivity contribution in [2.75, 3.05) is 19.3 Å². The van der Waals surface area contributed by atoms with Gasteiger partial charge in [0.05, 0.1) is 0 Å². The predicted octanol–water partition coefficient (Wildman–Crippen LogP) is 3.78. The van der Waals surface area contributed by atoms with Crippen LogP contribution in [0.2, 0.25) is 0 Å². The van der Waals surface area contributed by atoms with Crippen LogP contribution < -0.4 is 11.1 Å². The summed E-state index contributed by atoms with van der Waals surface area (Å²) < 4.78 is 2.28. The lowest BCUT2D eigenvalue weighted by Gasteiger charge is -2.18. The number of amides is 1. The van der Waals surface area contributed by atoms with Crippen LogP contribution in [0.5, 0.6) is 0 Å². The Kier molecular flexibility index (Phi) is 4.92. The summed E-state index contributed by atoms with van der Waals surface area (Å²) in [5.74, 6) is 0.462. The van der Waals surface area contributed by atoms with Gasteiger partial charge >= 0.3 is 0 Å². The maximum atomic E-state index is 12.0. The molecule has 0 saturated heterocycles. The van der Waals surface area contributed by atoms with Gasteiger partial charge in [0.25, 0.3) is 5.91 Å². The molecule has 1 aliphatic carbocycles. The van der Waals surface area contributed by atoms with Crippen molar-refractivity contribution in [3.05, 3.63) is 59.9 Å². The number of carbonyl (C=O) groups excluding carboxylic acids is 1. The zero-order valence-electron chi connectivity index (χ0n) is 16.8. The molecule has 0 radical (unpaired) electrons. The Morgan fingerprint density at radius 1 is 1.03 bits per heavy atom. The van der Waals surface area contributed by atoms with Gasteiger partial charge in [-0.25, -0.2) is 14.3 Å². The molecule has 0 bridgehead atoms. The number of nitrogens with two attached hydrogens (primary N) is 1. The average molecular weight is 418 g/mol. The normalized spacial score (nSPS) is 15.7. The van der Waals surface area contributed by atoms with Gasteiger partial charge in [-0.05, 0) is 67.6 Å². The van der Waals surface area contributed by atoms with E-state index in [1.165, 1.54) is 12.8 Å². The molecule has 1 aliphatic heterocycles. The largest absolute Gasteiger partial charge is 0.383 e. The van der Waals surface area contributed by atoms with Gasteiger partial charge in [0.15, 0.2) is 0 Å². The highest BCUT2D eigenvalue weighted by Gasteiger charge is 2.27. The van der Waals surface area contributed by atoms with Crippen molar-refractivity contribution in [1.82, 2.24) is 19.6 Å². The number of nitrogens with zero attached hydrogens (tertiary/aromatic N) is 3. The topological polar surface area (TPSA) is 84.1 Å². The molecule has 0 spiro atoms. The Balaban J connectivity index is 1.43. The Morgan fingerprint density at radius 2 is 1.83 bits per heavy atom. The van der Waals surface area contributed by atoms with E-state index in [1.807, 2.05) is 30.5 Å². The molecule has 1 fully saturated rings. The first kappa shape index (κ1) is 19.1. The molecule has 6 nitrogen and oxygen atoms in total. The first-order valence-corrected chi connectivity index (χ1v) is 10.9. The number of carbonyl (C=O) groups is 1. The molecule has 7 heteroatoms. The zero-order valence-corrected chi connectivity index (χ0v) is 17.6. The Hall–Kier alpha value is -2.90. The van der Waals surface area contributed by atoms with Crippen LogP contribution in [0.25, 0.3) is 22.3 Å². The predicted molar refractivity (Wildman–Crippen MR) is 120 cm³/mol.